The highest BCUT2D eigenvalue weighted by atomic mass is 16.5. The Bertz CT molecular complexity index is 326. The van der Waals surface area contributed by atoms with Crippen LogP contribution < -0.4 is 10.1 Å². The fraction of sp³-hybridized carbons (Fsp3) is 0.455. The normalized spacial score (nSPS) is 10.0. The fourth-order valence-electron chi connectivity index (χ4n) is 1.16. The zero-order valence-electron chi connectivity index (χ0n) is 9.12. The molecule has 0 spiro atoms. The van der Waals surface area contributed by atoms with E-state index in [1.165, 1.54) is 0 Å². The summed E-state index contributed by atoms with van der Waals surface area (Å²) in [5.41, 5.74) is 0.581. The SMILES string of the molecule is CCCNCC(=O)c1cncc(OC)c1. The van der Waals surface area contributed by atoms with Crippen LogP contribution in [0.5, 0.6) is 5.75 Å². The number of aromatic nitrogens is 1. The van der Waals surface area contributed by atoms with Crippen molar-refractivity contribution in [2.45, 2.75) is 13.3 Å². The average molecular weight is 208 g/mol. The lowest BCUT2D eigenvalue weighted by Crippen LogP contribution is -2.23. The van der Waals surface area contributed by atoms with Gasteiger partial charge in [-0.15, -0.1) is 0 Å². The number of hydrogen-bond acceptors (Lipinski definition) is 4. The van der Waals surface area contributed by atoms with E-state index in [1.807, 2.05) is 0 Å². The molecule has 0 aliphatic rings. The molecule has 1 aromatic heterocycles. The molecule has 0 aromatic carbocycles. The van der Waals surface area contributed by atoms with E-state index in [-0.39, 0.29) is 5.78 Å². The zero-order chi connectivity index (χ0) is 11.1. The van der Waals surface area contributed by atoms with Gasteiger partial charge in [0.25, 0.3) is 0 Å². The molecule has 1 heterocycles. The fourth-order valence-corrected chi connectivity index (χ4v) is 1.16. The molecule has 0 aliphatic carbocycles. The second-order valence-corrected chi connectivity index (χ2v) is 3.21. The number of nitrogens with one attached hydrogen (secondary N) is 1. The van der Waals surface area contributed by atoms with Crippen LogP contribution in [0.25, 0.3) is 0 Å². The van der Waals surface area contributed by atoms with Crippen molar-refractivity contribution in [3.63, 3.8) is 0 Å². The molecule has 0 aliphatic heterocycles. The molecule has 1 N–H and O–H groups in total. The summed E-state index contributed by atoms with van der Waals surface area (Å²) in [5, 5.41) is 3.05. The second-order valence-electron chi connectivity index (χ2n) is 3.21. The Kier molecular flexibility index (Phi) is 4.77. The Morgan fingerprint density at radius 2 is 2.33 bits per heavy atom. The summed E-state index contributed by atoms with van der Waals surface area (Å²) in [6.07, 6.45) is 4.15. The molecule has 1 aromatic rings. The number of carbonyl (C=O) groups is 1. The van der Waals surface area contributed by atoms with Gasteiger partial charge in [-0.3, -0.25) is 9.78 Å². The molecule has 1 rings (SSSR count). The first-order valence-electron chi connectivity index (χ1n) is 5.01. The van der Waals surface area contributed by atoms with Crippen molar-refractivity contribution in [3.8, 4) is 5.75 Å². The molecule has 0 saturated carbocycles. The summed E-state index contributed by atoms with van der Waals surface area (Å²) in [6.45, 7) is 3.26. The number of carbonyl (C=O) groups excluding carboxylic acids is 1. The average Bonchev–Trinajstić information content (AvgIpc) is 2.29. The van der Waals surface area contributed by atoms with Gasteiger partial charge in [0.2, 0.25) is 0 Å². The minimum atomic E-state index is 0.0369. The maximum absolute atomic E-state index is 11.6. The lowest BCUT2D eigenvalue weighted by Gasteiger charge is -2.04. The van der Waals surface area contributed by atoms with E-state index >= 15 is 0 Å². The van der Waals surface area contributed by atoms with Crippen LogP contribution in [0.4, 0.5) is 0 Å². The zero-order valence-corrected chi connectivity index (χ0v) is 9.12. The summed E-state index contributed by atoms with van der Waals surface area (Å²) in [6, 6.07) is 1.70. The van der Waals surface area contributed by atoms with Gasteiger partial charge in [-0.2, -0.15) is 0 Å². The first-order chi connectivity index (χ1) is 7.27. The van der Waals surface area contributed by atoms with Crippen molar-refractivity contribution in [1.82, 2.24) is 10.3 Å². The summed E-state index contributed by atoms with van der Waals surface area (Å²) in [7, 11) is 1.56. The summed E-state index contributed by atoms with van der Waals surface area (Å²) in [5.74, 6) is 0.645. The molecule has 15 heavy (non-hydrogen) atoms. The van der Waals surface area contributed by atoms with Crippen LogP contribution in [-0.2, 0) is 0 Å². The molecule has 0 radical (unpaired) electrons. The van der Waals surface area contributed by atoms with Crippen LogP contribution in [0.1, 0.15) is 23.7 Å². The maximum atomic E-state index is 11.6. The summed E-state index contributed by atoms with van der Waals surface area (Å²) >= 11 is 0. The van der Waals surface area contributed by atoms with E-state index in [0.29, 0.717) is 17.9 Å². The van der Waals surface area contributed by atoms with E-state index in [4.69, 9.17) is 4.74 Å². The lowest BCUT2D eigenvalue weighted by atomic mass is 10.2. The lowest BCUT2D eigenvalue weighted by molar-refractivity contribution is 0.0990. The number of Topliss-reactive ketones (excluding diaryl/α,β-unsaturated/α-hetero) is 1. The minimum absolute atomic E-state index is 0.0369. The van der Waals surface area contributed by atoms with Crippen molar-refractivity contribution in [1.29, 1.82) is 0 Å². The van der Waals surface area contributed by atoms with Crippen LogP contribution in [0.2, 0.25) is 0 Å². The van der Waals surface area contributed by atoms with E-state index in [9.17, 15) is 4.79 Å². The number of pyridine rings is 1. The van der Waals surface area contributed by atoms with Crippen LogP contribution in [0.15, 0.2) is 18.5 Å². The second kappa shape index (κ2) is 6.14. The van der Waals surface area contributed by atoms with Crippen LogP contribution in [0.3, 0.4) is 0 Å². The highest BCUT2D eigenvalue weighted by molar-refractivity contribution is 5.97. The highest BCUT2D eigenvalue weighted by Gasteiger charge is 2.06. The maximum Gasteiger partial charge on any atom is 0.178 e. The first-order valence-corrected chi connectivity index (χ1v) is 5.01. The third-order valence-corrected chi connectivity index (χ3v) is 1.98. The number of ether oxygens (including phenoxy) is 1. The van der Waals surface area contributed by atoms with Gasteiger partial charge in [0.15, 0.2) is 5.78 Å². The molecular weight excluding hydrogens is 192 g/mol. The topological polar surface area (TPSA) is 51.2 Å². The molecular formula is C11H16N2O2. The van der Waals surface area contributed by atoms with E-state index in [1.54, 1.807) is 25.6 Å². The van der Waals surface area contributed by atoms with Gasteiger partial charge in [-0.1, -0.05) is 6.92 Å². The molecule has 0 bridgehead atoms. The monoisotopic (exact) mass is 208 g/mol. The van der Waals surface area contributed by atoms with Gasteiger partial charge < -0.3 is 10.1 Å². The predicted octanol–water partition coefficient (Wildman–Crippen LogP) is 1.27. The quantitative estimate of drug-likeness (QED) is 0.565. The number of methoxy groups -OCH3 is 1. The third kappa shape index (κ3) is 3.67. The van der Waals surface area contributed by atoms with Gasteiger partial charge in [-0.05, 0) is 19.0 Å². The highest BCUT2D eigenvalue weighted by Crippen LogP contribution is 2.10. The number of rotatable bonds is 6. The van der Waals surface area contributed by atoms with Gasteiger partial charge in [-0.25, -0.2) is 0 Å². The molecule has 0 atom stereocenters. The Morgan fingerprint density at radius 1 is 1.53 bits per heavy atom. The third-order valence-electron chi connectivity index (χ3n) is 1.98. The van der Waals surface area contributed by atoms with Gasteiger partial charge in [0.1, 0.15) is 5.75 Å². The van der Waals surface area contributed by atoms with Gasteiger partial charge >= 0.3 is 0 Å². The molecule has 0 saturated heterocycles. The number of ketones is 1. The molecule has 0 unspecified atom stereocenters. The largest absolute Gasteiger partial charge is 0.495 e. The van der Waals surface area contributed by atoms with Crippen molar-refractivity contribution in [2.75, 3.05) is 20.2 Å². The van der Waals surface area contributed by atoms with Crippen LogP contribution >= 0.6 is 0 Å². The van der Waals surface area contributed by atoms with Crippen molar-refractivity contribution in [3.05, 3.63) is 24.0 Å². The Hall–Kier alpha value is -1.42. The Labute approximate surface area is 89.7 Å². The van der Waals surface area contributed by atoms with Crippen molar-refractivity contribution >= 4 is 5.78 Å². The summed E-state index contributed by atoms with van der Waals surface area (Å²) in [4.78, 5) is 15.6. The van der Waals surface area contributed by atoms with Crippen molar-refractivity contribution in [2.24, 2.45) is 0 Å². The van der Waals surface area contributed by atoms with Gasteiger partial charge in [0, 0.05) is 11.8 Å². The Balaban J connectivity index is 2.57. The molecule has 82 valence electrons. The Morgan fingerprint density at radius 3 is 3.00 bits per heavy atom. The minimum Gasteiger partial charge on any atom is -0.495 e. The summed E-state index contributed by atoms with van der Waals surface area (Å²) < 4.78 is 5.00. The van der Waals surface area contributed by atoms with Crippen molar-refractivity contribution < 1.29 is 9.53 Å². The molecule has 4 nitrogen and oxygen atoms in total. The van der Waals surface area contributed by atoms with E-state index < -0.39 is 0 Å². The predicted molar refractivity (Wildman–Crippen MR) is 58.3 cm³/mol. The van der Waals surface area contributed by atoms with E-state index in [0.717, 1.165) is 13.0 Å². The standard InChI is InChI=1S/C11H16N2O2/c1-3-4-12-8-11(14)9-5-10(15-2)7-13-6-9/h5-7,12H,3-4,8H2,1-2H3. The van der Waals surface area contributed by atoms with E-state index in [2.05, 4.69) is 17.2 Å². The number of nitrogens with zero attached hydrogens (tertiary/aromatic N) is 1. The number of hydrogen-bond donors (Lipinski definition) is 1. The molecule has 4 heteroatoms. The van der Waals surface area contributed by atoms with Gasteiger partial charge in [0.05, 0.1) is 19.9 Å². The molecule has 0 amide bonds. The first kappa shape index (κ1) is 11.7. The molecule has 0 fully saturated rings. The smallest absolute Gasteiger partial charge is 0.178 e. The van der Waals surface area contributed by atoms with Crippen LogP contribution in [0, 0.1) is 0 Å². The van der Waals surface area contributed by atoms with Crippen LogP contribution in [-0.4, -0.2) is 31.0 Å².